The van der Waals surface area contributed by atoms with Crippen molar-refractivity contribution >= 4 is 11.4 Å². The van der Waals surface area contributed by atoms with E-state index in [0.717, 1.165) is 38.3 Å². The molecule has 0 aliphatic carbocycles. The SMILES string of the molecule is O=[N+]([O-])c1ccc2c(c1)OCCN2C1CCOCC1. The molecule has 2 heterocycles. The Hall–Kier alpha value is -1.82. The molecule has 0 N–H and O–H groups in total. The molecular formula is C13H16N2O4. The number of nitrogens with zero attached hydrogens (tertiary/aromatic N) is 2. The smallest absolute Gasteiger partial charge is 0.273 e. The summed E-state index contributed by atoms with van der Waals surface area (Å²) in [6.07, 6.45) is 1.99. The summed E-state index contributed by atoms with van der Waals surface area (Å²) in [5.41, 5.74) is 1.04. The van der Waals surface area contributed by atoms with Crippen LogP contribution in [0, 0.1) is 10.1 Å². The lowest BCUT2D eigenvalue weighted by molar-refractivity contribution is -0.384. The maximum absolute atomic E-state index is 10.8. The van der Waals surface area contributed by atoms with E-state index in [4.69, 9.17) is 9.47 Å². The fourth-order valence-corrected chi connectivity index (χ4v) is 2.72. The van der Waals surface area contributed by atoms with Gasteiger partial charge in [0.05, 0.1) is 23.2 Å². The molecule has 2 aliphatic rings. The average molecular weight is 264 g/mol. The molecule has 0 saturated carbocycles. The van der Waals surface area contributed by atoms with Crippen LogP contribution in [0.4, 0.5) is 11.4 Å². The highest BCUT2D eigenvalue weighted by molar-refractivity contribution is 5.64. The molecule has 2 aliphatic heterocycles. The van der Waals surface area contributed by atoms with Crippen molar-refractivity contribution in [2.45, 2.75) is 18.9 Å². The van der Waals surface area contributed by atoms with E-state index in [2.05, 4.69) is 4.90 Å². The Kier molecular flexibility index (Phi) is 3.25. The molecule has 102 valence electrons. The van der Waals surface area contributed by atoms with Crippen molar-refractivity contribution in [2.75, 3.05) is 31.3 Å². The molecule has 3 rings (SSSR count). The van der Waals surface area contributed by atoms with Crippen molar-refractivity contribution < 1.29 is 14.4 Å². The zero-order chi connectivity index (χ0) is 13.2. The highest BCUT2D eigenvalue weighted by Crippen LogP contribution is 2.37. The molecular weight excluding hydrogens is 248 g/mol. The fraction of sp³-hybridized carbons (Fsp3) is 0.538. The Bertz CT molecular complexity index is 486. The van der Waals surface area contributed by atoms with E-state index >= 15 is 0 Å². The monoisotopic (exact) mass is 264 g/mol. The Morgan fingerprint density at radius 1 is 1.26 bits per heavy atom. The summed E-state index contributed by atoms with van der Waals surface area (Å²) in [7, 11) is 0. The molecule has 1 aromatic carbocycles. The van der Waals surface area contributed by atoms with E-state index in [0.29, 0.717) is 18.4 Å². The molecule has 0 radical (unpaired) electrons. The van der Waals surface area contributed by atoms with E-state index in [1.54, 1.807) is 12.1 Å². The molecule has 0 atom stereocenters. The van der Waals surface area contributed by atoms with Crippen molar-refractivity contribution in [2.24, 2.45) is 0 Å². The van der Waals surface area contributed by atoms with Gasteiger partial charge in [0.1, 0.15) is 12.4 Å². The van der Waals surface area contributed by atoms with Crippen LogP contribution in [0.3, 0.4) is 0 Å². The van der Waals surface area contributed by atoms with Gasteiger partial charge < -0.3 is 14.4 Å². The number of non-ortho nitro benzene ring substituents is 1. The fourth-order valence-electron chi connectivity index (χ4n) is 2.72. The lowest BCUT2D eigenvalue weighted by atomic mass is 10.0. The predicted molar refractivity (Wildman–Crippen MR) is 69.8 cm³/mol. The van der Waals surface area contributed by atoms with Crippen LogP contribution in [0.2, 0.25) is 0 Å². The normalized spacial score (nSPS) is 19.7. The van der Waals surface area contributed by atoms with E-state index in [1.165, 1.54) is 6.07 Å². The first kappa shape index (κ1) is 12.2. The number of anilines is 1. The van der Waals surface area contributed by atoms with Crippen molar-refractivity contribution in [3.05, 3.63) is 28.3 Å². The van der Waals surface area contributed by atoms with Crippen LogP contribution in [0.1, 0.15) is 12.8 Å². The van der Waals surface area contributed by atoms with Crippen LogP contribution < -0.4 is 9.64 Å². The quantitative estimate of drug-likeness (QED) is 0.603. The third-order valence-corrected chi connectivity index (χ3v) is 3.68. The highest BCUT2D eigenvalue weighted by Gasteiger charge is 2.27. The molecule has 1 fully saturated rings. The zero-order valence-electron chi connectivity index (χ0n) is 10.6. The molecule has 0 spiro atoms. The summed E-state index contributed by atoms with van der Waals surface area (Å²) in [5, 5.41) is 10.8. The van der Waals surface area contributed by atoms with Gasteiger partial charge in [-0.25, -0.2) is 0 Å². The Balaban J connectivity index is 1.89. The molecule has 0 unspecified atom stereocenters. The summed E-state index contributed by atoms with van der Waals surface area (Å²) in [6.45, 7) is 2.97. The summed E-state index contributed by atoms with van der Waals surface area (Å²) in [6, 6.07) is 5.29. The lowest BCUT2D eigenvalue weighted by Gasteiger charge is -2.39. The van der Waals surface area contributed by atoms with Gasteiger partial charge in [-0.05, 0) is 18.9 Å². The molecule has 0 aromatic heterocycles. The number of nitro benzene ring substituents is 1. The molecule has 6 heteroatoms. The van der Waals surface area contributed by atoms with Crippen LogP contribution in [0.15, 0.2) is 18.2 Å². The Morgan fingerprint density at radius 3 is 2.79 bits per heavy atom. The zero-order valence-corrected chi connectivity index (χ0v) is 10.6. The first-order valence-corrected chi connectivity index (χ1v) is 6.51. The minimum atomic E-state index is -0.392. The van der Waals surface area contributed by atoms with Gasteiger partial charge in [-0.2, -0.15) is 0 Å². The predicted octanol–water partition coefficient (Wildman–Crippen LogP) is 1.97. The number of ether oxygens (including phenoxy) is 2. The van der Waals surface area contributed by atoms with Crippen LogP contribution in [0.5, 0.6) is 5.75 Å². The number of hydrogen-bond donors (Lipinski definition) is 0. The molecule has 1 aromatic rings. The van der Waals surface area contributed by atoms with Crippen molar-refractivity contribution in [1.82, 2.24) is 0 Å². The van der Waals surface area contributed by atoms with Crippen LogP contribution >= 0.6 is 0 Å². The topological polar surface area (TPSA) is 64.8 Å². The van der Waals surface area contributed by atoms with Gasteiger partial charge in [0, 0.05) is 25.3 Å². The van der Waals surface area contributed by atoms with E-state index in [1.807, 2.05) is 0 Å². The first-order valence-electron chi connectivity index (χ1n) is 6.51. The second kappa shape index (κ2) is 5.05. The molecule has 19 heavy (non-hydrogen) atoms. The summed E-state index contributed by atoms with van der Waals surface area (Å²) in [4.78, 5) is 12.7. The van der Waals surface area contributed by atoms with E-state index < -0.39 is 4.92 Å². The molecule has 1 saturated heterocycles. The third kappa shape index (κ3) is 2.35. The van der Waals surface area contributed by atoms with Crippen molar-refractivity contribution in [1.29, 1.82) is 0 Å². The van der Waals surface area contributed by atoms with Crippen LogP contribution in [-0.4, -0.2) is 37.3 Å². The van der Waals surface area contributed by atoms with E-state index in [9.17, 15) is 10.1 Å². The van der Waals surface area contributed by atoms with Crippen molar-refractivity contribution in [3.8, 4) is 5.75 Å². The van der Waals surface area contributed by atoms with Gasteiger partial charge in [-0.1, -0.05) is 0 Å². The number of benzene rings is 1. The number of nitro groups is 1. The Morgan fingerprint density at radius 2 is 2.05 bits per heavy atom. The maximum Gasteiger partial charge on any atom is 0.273 e. The Labute approximate surface area is 111 Å². The first-order chi connectivity index (χ1) is 9.25. The van der Waals surface area contributed by atoms with Crippen LogP contribution in [-0.2, 0) is 4.74 Å². The maximum atomic E-state index is 10.8. The van der Waals surface area contributed by atoms with Gasteiger partial charge in [-0.15, -0.1) is 0 Å². The van der Waals surface area contributed by atoms with Gasteiger partial charge in [0.25, 0.3) is 5.69 Å². The third-order valence-electron chi connectivity index (χ3n) is 3.68. The minimum absolute atomic E-state index is 0.0765. The summed E-state index contributed by atoms with van der Waals surface area (Å²) < 4.78 is 10.9. The number of hydrogen-bond acceptors (Lipinski definition) is 5. The van der Waals surface area contributed by atoms with Crippen molar-refractivity contribution in [3.63, 3.8) is 0 Å². The number of fused-ring (bicyclic) bond motifs is 1. The molecule has 0 bridgehead atoms. The largest absolute Gasteiger partial charge is 0.489 e. The van der Waals surface area contributed by atoms with Gasteiger partial charge in [-0.3, -0.25) is 10.1 Å². The molecule has 6 nitrogen and oxygen atoms in total. The summed E-state index contributed by atoms with van der Waals surface area (Å²) >= 11 is 0. The van der Waals surface area contributed by atoms with E-state index in [-0.39, 0.29) is 5.69 Å². The second-order valence-electron chi connectivity index (χ2n) is 4.79. The minimum Gasteiger partial charge on any atom is -0.489 e. The van der Waals surface area contributed by atoms with Gasteiger partial charge in [0.15, 0.2) is 0 Å². The summed E-state index contributed by atoms with van der Waals surface area (Å²) in [5.74, 6) is 0.618. The second-order valence-corrected chi connectivity index (χ2v) is 4.79. The highest BCUT2D eigenvalue weighted by atomic mass is 16.6. The number of rotatable bonds is 2. The van der Waals surface area contributed by atoms with Gasteiger partial charge in [0.2, 0.25) is 0 Å². The van der Waals surface area contributed by atoms with Crippen LogP contribution in [0.25, 0.3) is 0 Å². The lowest BCUT2D eigenvalue weighted by Crippen LogP contribution is -2.44. The molecule has 0 amide bonds. The standard InChI is InChI=1S/C13H16N2O4/c16-15(17)11-1-2-12-13(9-11)19-8-5-14(12)10-3-6-18-7-4-10/h1-2,9-10H,3-8H2. The van der Waals surface area contributed by atoms with Gasteiger partial charge >= 0.3 is 0 Å². The average Bonchev–Trinajstić information content (AvgIpc) is 2.47.